The van der Waals surface area contributed by atoms with E-state index >= 15 is 0 Å². The van der Waals surface area contributed by atoms with Gasteiger partial charge >= 0.3 is 0 Å². The van der Waals surface area contributed by atoms with Gasteiger partial charge in [-0.2, -0.15) is 10.1 Å². The van der Waals surface area contributed by atoms with Crippen molar-refractivity contribution in [2.24, 2.45) is 28.8 Å². The van der Waals surface area contributed by atoms with Crippen LogP contribution in [0.15, 0.2) is 33.9 Å². The van der Waals surface area contributed by atoms with Crippen LogP contribution in [0.1, 0.15) is 12.0 Å². The number of hydrogen-bond donors (Lipinski definition) is 0. The van der Waals surface area contributed by atoms with E-state index in [0.717, 1.165) is 15.9 Å². The highest BCUT2D eigenvalue weighted by atomic mass is 79.9. The fourth-order valence-electron chi connectivity index (χ4n) is 4.10. The van der Waals surface area contributed by atoms with Crippen molar-refractivity contribution in [2.45, 2.75) is 6.42 Å². The highest BCUT2D eigenvalue weighted by molar-refractivity contribution is 9.10. The molecule has 0 N–H and O–H groups in total. The van der Waals surface area contributed by atoms with Crippen LogP contribution in [0.5, 0.6) is 11.5 Å². The molecule has 0 aromatic heterocycles. The fourth-order valence-corrected chi connectivity index (χ4v) is 4.63. The maximum atomic E-state index is 12.6. The minimum Gasteiger partial charge on any atom is -0.496 e. The van der Waals surface area contributed by atoms with Gasteiger partial charge in [-0.25, -0.2) is 0 Å². The Morgan fingerprint density at radius 3 is 2.24 bits per heavy atom. The van der Waals surface area contributed by atoms with E-state index < -0.39 is 0 Å². The van der Waals surface area contributed by atoms with Gasteiger partial charge in [0.2, 0.25) is 0 Å². The Morgan fingerprint density at radius 2 is 1.68 bits per heavy atom. The number of allylic oxidation sites excluding steroid dienone is 2. The first-order valence-electron chi connectivity index (χ1n) is 8.06. The second-order valence-electron chi connectivity index (χ2n) is 6.46. The van der Waals surface area contributed by atoms with Crippen LogP contribution in [0.25, 0.3) is 0 Å². The van der Waals surface area contributed by atoms with Gasteiger partial charge in [0.15, 0.2) is 0 Å². The van der Waals surface area contributed by atoms with Crippen molar-refractivity contribution in [1.82, 2.24) is 5.01 Å². The Hall–Kier alpha value is -2.15. The first kappa shape index (κ1) is 16.3. The maximum Gasteiger partial charge on any atom is 0.254 e. The van der Waals surface area contributed by atoms with E-state index in [4.69, 9.17) is 9.47 Å². The molecule has 0 radical (unpaired) electrons. The second-order valence-corrected chi connectivity index (χ2v) is 7.32. The molecule has 2 amide bonds. The third kappa shape index (κ3) is 2.40. The fraction of sp³-hybridized carbons (Fsp3) is 0.389. The van der Waals surface area contributed by atoms with E-state index in [2.05, 4.69) is 33.2 Å². The first-order chi connectivity index (χ1) is 12.0. The summed E-state index contributed by atoms with van der Waals surface area (Å²) < 4.78 is 11.3. The number of ether oxygens (including phenoxy) is 2. The quantitative estimate of drug-likeness (QED) is 0.439. The molecule has 6 nitrogen and oxygen atoms in total. The zero-order valence-corrected chi connectivity index (χ0v) is 15.4. The normalized spacial score (nSPS) is 29.8. The number of imide groups is 1. The van der Waals surface area contributed by atoms with Gasteiger partial charge in [0.05, 0.1) is 36.7 Å². The van der Waals surface area contributed by atoms with Crippen LogP contribution in [-0.2, 0) is 9.59 Å². The number of carbonyl (C=O) groups is 2. The van der Waals surface area contributed by atoms with Crippen LogP contribution in [0.2, 0.25) is 0 Å². The molecule has 2 fully saturated rings. The van der Waals surface area contributed by atoms with Gasteiger partial charge in [-0.05, 0) is 40.3 Å². The van der Waals surface area contributed by atoms with Crippen molar-refractivity contribution in [3.63, 3.8) is 0 Å². The smallest absolute Gasteiger partial charge is 0.254 e. The molecule has 1 saturated heterocycles. The molecule has 1 saturated carbocycles. The number of methoxy groups -OCH3 is 2. The minimum atomic E-state index is -0.246. The SMILES string of the molecule is COc1cc(OC)c(/C=N\N2C(=O)[C@@H]3[C@@H](C2=O)[C@H]2C=C[C@H]3C2)cc1Br. The van der Waals surface area contributed by atoms with Gasteiger partial charge in [0, 0.05) is 11.6 Å². The monoisotopic (exact) mass is 404 g/mol. The topological polar surface area (TPSA) is 68.2 Å². The third-order valence-corrected chi connectivity index (χ3v) is 5.88. The predicted molar refractivity (Wildman–Crippen MR) is 94.4 cm³/mol. The van der Waals surface area contributed by atoms with Crippen molar-refractivity contribution >= 4 is 34.0 Å². The zero-order valence-electron chi connectivity index (χ0n) is 13.8. The number of hydrazone groups is 1. The average Bonchev–Trinajstić information content (AvgIpc) is 3.28. The molecule has 1 heterocycles. The Labute approximate surface area is 153 Å². The van der Waals surface area contributed by atoms with Gasteiger partial charge in [-0.15, -0.1) is 0 Å². The molecular weight excluding hydrogens is 388 g/mol. The van der Waals surface area contributed by atoms with Gasteiger partial charge in [-0.1, -0.05) is 12.2 Å². The molecule has 1 aliphatic heterocycles. The molecule has 4 atom stereocenters. The summed E-state index contributed by atoms with van der Waals surface area (Å²) in [4.78, 5) is 25.3. The molecule has 130 valence electrons. The molecule has 3 aliphatic rings. The highest BCUT2D eigenvalue weighted by Gasteiger charge is 2.59. The van der Waals surface area contributed by atoms with E-state index in [9.17, 15) is 9.59 Å². The predicted octanol–water partition coefficient (Wildman–Crippen LogP) is 2.61. The molecule has 0 spiro atoms. The number of amides is 2. The highest BCUT2D eigenvalue weighted by Crippen LogP contribution is 2.52. The summed E-state index contributed by atoms with van der Waals surface area (Å²) in [5.74, 6) is 0.634. The summed E-state index contributed by atoms with van der Waals surface area (Å²) in [5, 5.41) is 5.21. The van der Waals surface area contributed by atoms with E-state index in [1.807, 2.05) is 0 Å². The molecule has 1 aromatic rings. The second kappa shape index (κ2) is 5.98. The molecule has 2 aliphatic carbocycles. The van der Waals surface area contributed by atoms with Crippen molar-refractivity contribution in [3.05, 3.63) is 34.3 Å². The number of hydrogen-bond acceptors (Lipinski definition) is 5. The van der Waals surface area contributed by atoms with Crippen molar-refractivity contribution in [3.8, 4) is 11.5 Å². The first-order valence-corrected chi connectivity index (χ1v) is 8.86. The summed E-state index contributed by atoms with van der Waals surface area (Å²) in [7, 11) is 3.11. The number of halogens is 1. The lowest BCUT2D eigenvalue weighted by Gasteiger charge is -2.13. The van der Waals surface area contributed by atoms with Crippen molar-refractivity contribution < 1.29 is 19.1 Å². The Kier molecular flexibility index (Phi) is 3.91. The largest absolute Gasteiger partial charge is 0.496 e. The summed E-state index contributed by atoms with van der Waals surface area (Å²) in [6.45, 7) is 0. The lowest BCUT2D eigenvalue weighted by Crippen LogP contribution is -2.28. The van der Waals surface area contributed by atoms with Gasteiger partial charge < -0.3 is 9.47 Å². The summed E-state index contributed by atoms with van der Waals surface area (Å²) in [6, 6.07) is 3.50. The van der Waals surface area contributed by atoms with Crippen molar-refractivity contribution in [1.29, 1.82) is 0 Å². The molecule has 7 heteroatoms. The molecule has 2 bridgehead atoms. The van der Waals surface area contributed by atoms with Gasteiger partial charge in [0.1, 0.15) is 11.5 Å². The summed E-state index contributed by atoms with van der Waals surface area (Å²) in [6.07, 6.45) is 6.51. The number of carbonyl (C=O) groups excluding carboxylic acids is 2. The van der Waals surface area contributed by atoms with Crippen LogP contribution in [0.4, 0.5) is 0 Å². The summed E-state index contributed by atoms with van der Waals surface area (Å²) in [5.41, 5.74) is 0.647. The summed E-state index contributed by atoms with van der Waals surface area (Å²) >= 11 is 3.41. The third-order valence-electron chi connectivity index (χ3n) is 5.26. The van der Waals surface area contributed by atoms with Crippen LogP contribution >= 0.6 is 15.9 Å². The van der Waals surface area contributed by atoms with Crippen LogP contribution < -0.4 is 9.47 Å². The van der Waals surface area contributed by atoms with E-state index in [0.29, 0.717) is 17.1 Å². The lowest BCUT2D eigenvalue weighted by molar-refractivity contribution is -0.140. The Bertz CT molecular complexity index is 790. The lowest BCUT2D eigenvalue weighted by atomic mass is 9.85. The molecule has 0 unspecified atom stereocenters. The van der Waals surface area contributed by atoms with Gasteiger partial charge in [-0.3, -0.25) is 9.59 Å². The van der Waals surface area contributed by atoms with Gasteiger partial charge in [0.25, 0.3) is 11.8 Å². The van der Waals surface area contributed by atoms with Crippen LogP contribution in [-0.4, -0.2) is 37.3 Å². The number of fused-ring (bicyclic) bond motifs is 5. The number of benzene rings is 1. The maximum absolute atomic E-state index is 12.6. The molecule has 4 rings (SSSR count). The zero-order chi connectivity index (χ0) is 17.7. The van der Waals surface area contributed by atoms with Crippen molar-refractivity contribution in [2.75, 3.05) is 14.2 Å². The Balaban J connectivity index is 1.62. The van der Waals surface area contributed by atoms with Crippen LogP contribution in [0.3, 0.4) is 0 Å². The number of nitrogens with zero attached hydrogens (tertiary/aromatic N) is 2. The Morgan fingerprint density at radius 1 is 1.08 bits per heavy atom. The molecule has 1 aromatic carbocycles. The minimum absolute atomic E-state index is 0.177. The van der Waals surface area contributed by atoms with E-state index in [-0.39, 0.29) is 35.5 Å². The number of rotatable bonds is 4. The molecular formula is C18H17BrN2O4. The standard InChI is InChI=1S/C18H17BrN2O4/c1-24-13-7-14(25-2)12(19)6-11(13)8-20-21-17(22)15-9-3-4-10(5-9)16(15)18(21)23/h3-4,6-10,15-16H,5H2,1-2H3/b20-8-/t9-,10-,15-,16-/m0/s1. The van der Waals surface area contributed by atoms with E-state index in [1.54, 1.807) is 26.4 Å². The average molecular weight is 405 g/mol. The van der Waals surface area contributed by atoms with E-state index in [1.165, 1.54) is 6.21 Å². The van der Waals surface area contributed by atoms with Crippen LogP contribution in [0, 0.1) is 23.7 Å². The molecule has 25 heavy (non-hydrogen) atoms.